The SMILES string of the molecule is NNC(=O)NN.c1c[nH]cn1. The predicted octanol–water partition coefficient (Wildman–Crippen LogP) is -1.56. The number of urea groups is 1. The molecule has 0 spiro atoms. The summed E-state index contributed by atoms with van der Waals surface area (Å²) in [5, 5.41) is 0. The van der Waals surface area contributed by atoms with E-state index < -0.39 is 6.03 Å². The molecule has 0 aliphatic carbocycles. The molecule has 0 saturated carbocycles. The number of hydrogen-bond donors (Lipinski definition) is 5. The maximum atomic E-state index is 9.71. The second kappa shape index (κ2) is 6.52. The van der Waals surface area contributed by atoms with Crippen LogP contribution >= 0.6 is 0 Å². The lowest BCUT2D eigenvalue weighted by Gasteiger charge is -1.90. The molecule has 0 saturated heterocycles. The Morgan fingerprint density at radius 3 is 2.18 bits per heavy atom. The maximum Gasteiger partial charge on any atom is 0.343 e. The van der Waals surface area contributed by atoms with Gasteiger partial charge in [-0.05, 0) is 0 Å². The summed E-state index contributed by atoms with van der Waals surface area (Å²) in [6, 6.07) is -0.602. The predicted molar refractivity (Wildman–Crippen MR) is 38.6 cm³/mol. The average Bonchev–Trinajstić information content (AvgIpc) is 2.60. The van der Waals surface area contributed by atoms with Crippen molar-refractivity contribution in [2.75, 3.05) is 0 Å². The molecule has 0 aliphatic rings. The largest absolute Gasteiger partial charge is 0.351 e. The lowest BCUT2D eigenvalue weighted by atomic mass is 11.0. The standard InChI is InChI=1S/C3H4N2.CH6N4O/c1-2-5-3-4-1;2-4-1(6)5-3/h1-3H,(H,4,5);2-3H2,(H2,4,5,6). The number of nitrogens with zero attached hydrogens (tertiary/aromatic N) is 1. The van der Waals surface area contributed by atoms with E-state index >= 15 is 0 Å². The second-order valence-corrected chi connectivity index (χ2v) is 1.38. The molecule has 2 amide bonds. The van der Waals surface area contributed by atoms with Crippen LogP contribution in [0.3, 0.4) is 0 Å². The van der Waals surface area contributed by atoms with Crippen molar-refractivity contribution < 1.29 is 4.79 Å². The lowest BCUT2D eigenvalue weighted by molar-refractivity contribution is 0.241. The van der Waals surface area contributed by atoms with Gasteiger partial charge in [0.15, 0.2) is 0 Å². The van der Waals surface area contributed by atoms with Gasteiger partial charge in [-0.1, -0.05) is 0 Å². The van der Waals surface area contributed by atoms with Gasteiger partial charge >= 0.3 is 6.03 Å². The van der Waals surface area contributed by atoms with Gasteiger partial charge in [0.2, 0.25) is 0 Å². The number of imidazole rings is 1. The molecule has 1 heterocycles. The lowest BCUT2D eigenvalue weighted by Crippen LogP contribution is -2.43. The van der Waals surface area contributed by atoms with Gasteiger partial charge in [0.05, 0.1) is 6.33 Å². The molecule has 7 N–H and O–H groups in total. The Morgan fingerprint density at radius 1 is 1.45 bits per heavy atom. The van der Waals surface area contributed by atoms with Gasteiger partial charge in [0.1, 0.15) is 0 Å². The van der Waals surface area contributed by atoms with E-state index in [0.717, 1.165) is 0 Å². The molecule has 62 valence electrons. The van der Waals surface area contributed by atoms with Gasteiger partial charge < -0.3 is 4.98 Å². The zero-order valence-electron chi connectivity index (χ0n) is 5.74. The van der Waals surface area contributed by atoms with Crippen molar-refractivity contribution >= 4 is 6.03 Å². The van der Waals surface area contributed by atoms with Gasteiger partial charge in [-0.2, -0.15) is 0 Å². The molecule has 0 atom stereocenters. The third-order valence-electron chi connectivity index (χ3n) is 0.668. The van der Waals surface area contributed by atoms with Crippen molar-refractivity contribution in [1.29, 1.82) is 0 Å². The second-order valence-electron chi connectivity index (χ2n) is 1.38. The average molecular weight is 158 g/mol. The van der Waals surface area contributed by atoms with E-state index in [1.807, 2.05) is 0 Å². The summed E-state index contributed by atoms with van der Waals surface area (Å²) in [6.07, 6.45) is 5.08. The van der Waals surface area contributed by atoms with Gasteiger partial charge in [0, 0.05) is 12.4 Å². The van der Waals surface area contributed by atoms with E-state index in [1.54, 1.807) is 29.6 Å². The van der Waals surface area contributed by atoms with Gasteiger partial charge in [-0.15, -0.1) is 0 Å². The van der Waals surface area contributed by atoms with E-state index in [0.29, 0.717) is 0 Å². The molecule has 7 heteroatoms. The first kappa shape index (κ1) is 9.40. The Labute approximate surface area is 63.1 Å². The fraction of sp³-hybridized carbons (Fsp3) is 0. The van der Waals surface area contributed by atoms with Crippen LogP contribution in [0.15, 0.2) is 18.7 Å². The van der Waals surface area contributed by atoms with Gasteiger partial charge in [-0.3, -0.25) is 10.9 Å². The van der Waals surface area contributed by atoms with Gasteiger partial charge in [0.25, 0.3) is 0 Å². The number of carbonyl (C=O) groups is 1. The number of aromatic nitrogens is 2. The topological polar surface area (TPSA) is 122 Å². The zero-order valence-corrected chi connectivity index (χ0v) is 5.74. The van der Waals surface area contributed by atoms with Crippen LogP contribution in [0, 0.1) is 0 Å². The normalized spacial score (nSPS) is 7.45. The molecular formula is C4H10N6O. The number of carbonyl (C=O) groups excluding carboxylic acids is 1. The number of rotatable bonds is 0. The van der Waals surface area contributed by atoms with Crippen LogP contribution in [-0.2, 0) is 0 Å². The monoisotopic (exact) mass is 158 g/mol. The van der Waals surface area contributed by atoms with E-state index in [-0.39, 0.29) is 0 Å². The molecule has 1 aromatic heterocycles. The molecule has 0 aliphatic heterocycles. The number of hydrazine groups is 2. The third kappa shape index (κ3) is 6.28. The smallest absolute Gasteiger partial charge is 0.343 e. The highest BCUT2D eigenvalue weighted by atomic mass is 16.2. The number of nitrogens with one attached hydrogen (secondary N) is 3. The summed E-state index contributed by atoms with van der Waals surface area (Å²) < 4.78 is 0. The Morgan fingerprint density at radius 2 is 2.09 bits per heavy atom. The summed E-state index contributed by atoms with van der Waals surface area (Å²) in [5.41, 5.74) is 3.48. The minimum Gasteiger partial charge on any atom is -0.351 e. The minimum absolute atomic E-state index is 0.602. The van der Waals surface area contributed by atoms with Crippen LogP contribution in [0.2, 0.25) is 0 Å². The number of hydrogen-bond acceptors (Lipinski definition) is 4. The first-order chi connectivity index (χ1) is 5.31. The first-order valence-electron chi connectivity index (χ1n) is 2.71. The molecular weight excluding hydrogens is 148 g/mol. The van der Waals surface area contributed by atoms with Crippen LogP contribution < -0.4 is 22.5 Å². The highest BCUT2D eigenvalue weighted by Gasteiger charge is 1.83. The fourth-order valence-corrected chi connectivity index (χ4v) is 0.257. The molecule has 11 heavy (non-hydrogen) atoms. The third-order valence-corrected chi connectivity index (χ3v) is 0.668. The van der Waals surface area contributed by atoms with Crippen molar-refractivity contribution in [3.05, 3.63) is 18.7 Å². The maximum absolute atomic E-state index is 9.71. The highest BCUT2D eigenvalue weighted by molar-refractivity contribution is 5.72. The van der Waals surface area contributed by atoms with Crippen LogP contribution in [0.25, 0.3) is 0 Å². The van der Waals surface area contributed by atoms with Crippen LogP contribution in [0.4, 0.5) is 4.79 Å². The molecule has 0 fully saturated rings. The number of nitrogens with two attached hydrogens (primary N) is 2. The van der Waals surface area contributed by atoms with Crippen molar-refractivity contribution in [2.45, 2.75) is 0 Å². The molecule has 0 aromatic carbocycles. The van der Waals surface area contributed by atoms with E-state index in [9.17, 15) is 4.79 Å². The molecule has 0 unspecified atom stereocenters. The zero-order chi connectivity index (χ0) is 8.53. The van der Waals surface area contributed by atoms with E-state index in [2.05, 4.69) is 21.7 Å². The van der Waals surface area contributed by atoms with E-state index in [4.69, 9.17) is 0 Å². The Kier molecular flexibility index (Phi) is 5.57. The van der Waals surface area contributed by atoms with Crippen molar-refractivity contribution in [2.24, 2.45) is 11.7 Å². The fourth-order valence-electron chi connectivity index (χ4n) is 0.257. The molecule has 7 nitrogen and oxygen atoms in total. The molecule has 0 radical (unpaired) electrons. The van der Waals surface area contributed by atoms with E-state index in [1.165, 1.54) is 0 Å². The number of amides is 2. The van der Waals surface area contributed by atoms with Crippen molar-refractivity contribution in [1.82, 2.24) is 20.8 Å². The van der Waals surface area contributed by atoms with Gasteiger partial charge in [-0.25, -0.2) is 21.5 Å². The Hall–Kier alpha value is -1.60. The number of H-pyrrole nitrogens is 1. The van der Waals surface area contributed by atoms with Crippen LogP contribution in [0.5, 0.6) is 0 Å². The molecule has 1 aromatic rings. The summed E-state index contributed by atoms with van der Waals surface area (Å²) in [5.74, 6) is 9.08. The van der Waals surface area contributed by atoms with Crippen LogP contribution in [-0.4, -0.2) is 16.0 Å². The summed E-state index contributed by atoms with van der Waals surface area (Å²) in [7, 11) is 0. The molecule has 0 bridgehead atoms. The number of aromatic amines is 1. The Bertz CT molecular complexity index is 149. The first-order valence-corrected chi connectivity index (χ1v) is 2.71. The quantitative estimate of drug-likeness (QED) is 0.178. The molecule has 1 rings (SSSR count). The highest BCUT2D eigenvalue weighted by Crippen LogP contribution is 1.62. The van der Waals surface area contributed by atoms with Crippen molar-refractivity contribution in [3.63, 3.8) is 0 Å². The summed E-state index contributed by atoms with van der Waals surface area (Å²) in [6.45, 7) is 0. The summed E-state index contributed by atoms with van der Waals surface area (Å²) in [4.78, 5) is 16.1. The summed E-state index contributed by atoms with van der Waals surface area (Å²) >= 11 is 0. The van der Waals surface area contributed by atoms with Crippen molar-refractivity contribution in [3.8, 4) is 0 Å². The minimum atomic E-state index is -0.602. The Balaban J connectivity index is 0.000000183. The van der Waals surface area contributed by atoms with Crippen LogP contribution in [0.1, 0.15) is 0 Å².